The lowest BCUT2D eigenvalue weighted by molar-refractivity contribution is 0.692. The Bertz CT molecular complexity index is 809. The van der Waals surface area contributed by atoms with E-state index in [4.69, 9.17) is 5.41 Å². The van der Waals surface area contributed by atoms with E-state index in [1.807, 2.05) is 30.3 Å². The lowest BCUT2D eigenvalue weighted by atomic mass is 9.76. The van der Waals surface area contributed by atoms with Gasteiger partial charge in [0, 0.05) is 17.4 Å². The van der Waals surface area contributed by atoms with Gasteiger partial charge in [-0.3, -0.25) is 5.41 Å². The summed E-state index contributed by atoms with van der Waals surface area (Å²) in [5, 5.41) is 8.47. The Balaban J connectivity index is 1.76. The van der Waals surface area contributed by atoms with Crippen LogP contribution in [-0.4, -0.2) is 5.71 Å². The SMILES string of the molecule is N=C(c1ccccc1)c1ccc2c(c1)C1C=CC=CC1C=C2. The average molecular weight is 283 g/mol. The Labute approximate surface area is 130 Å². The van der Waals surface area contributed by atoms with Gasteiger partial charge >= 0.3 is 0 Å². The van der Waals surface area contributed by atoms with E-state index in [9.17, 15) is 0 Å². The van der Waals surface area contributed by atoms with Crippen molar-refractivity contribution >= 4 is 11.8 Å². The Morgan fingerprint density at radius 3 is 2.50 bits per heavy atom. The van der Waals surface area contributed by atoms with Crippen molar-refractivity contribution in [2.24, 2.45) is 5.92 Å². The Hall–Kier alpha value is -2.67. The highest BCUT2D eigenvalue weighted by Gasteiger charge is 2.24. The molecule has 0 fully saturated rings. The molecule has 0 bridgehead atoms. The van der Waals surface area contributed by atoms with E-state index >= 15 is 0 Å². The van der Waals surface area contributed by atoms with E-state index in [0.29, 0.717) is 17.5 Å². The second-order valence-electron chi connectivity index (χ2n) is 5.82. The van der Waals surface area contributed by atoms with Gasteiger partial charge in [0.05, 0.1) is 5.71 Å². The third-order valence-electron chi connectivity index (χ3n) is 4.47. The molecular formula is C21H17N. The van der Waals surface area contributed by atoms with Crippen molar-refractivity contribution in [1.82, 2.24) is 0 Å². The highest BCUT2D eigenvalue weighted by molar-refractivity contribution is 6.11. The molecule has 0 saturated heterocycles. The summed E-state index contributed by atoms with van der Waals surface area (Å²) >= 11 is 0. The summed E-state index contributed by atoms with van der Waals surface area (Å²) in [7, 11) is 0. The first-order valence-electron chi connectivity index (χ1n) is 7.64. The lowest BCUT2D eigenvalue weighted by Gasteiger charge is -2.27. The van der Waals surface area contributed by atoms with E-state index < -0.39 is 0 Å². The van der Waals surface area contributed by atoms with Crippen LogP contribution in [0.15, 0.2) is 78.9 Å². The minimum absolute atomic E-state index is 0.397. The molecular weight excluding hydrogens is 266 g/mol. The van der Waals surface area contributed by atoms with Crippen molar-refractivity contribution < 1.29 is 0 Å². The second-order valence-corrected chi connectivity index (χ2v) is 5.82. The molecule has 2 unspecified atom stereocenters. The minimum atomic E-state index is 0.397. The average Bonchev–Trinajstić information content (AvgIpc) is 2.61. The normalized spacial score (nSPS) is 21.3. The van der Waals surface area contributed by atoms with Gasteiger partial charge < -0.3 is 0 Å². The van der Waals surface area contributed by atoms with Crippen LogP contribution in [0.4, 0.5) is 0 Å². The third-order valence-corrected chi connectivity index (χ3v) is 4.47. The van der Waals surface area contributed by atoms with E-state index in [1.165, 1.54) is 11.1 Å². The highest BCUT2D eigenvalue weighted by Crippen LogP contribution is 2.38. The monoisotopic (exact) mass is 283 g/mol. The molecule has 2 aliphatic carbocycles. The van der Waals surface area contributed by atoms with Crippen LogP contribution in [-0.2, 0) is 0 Å². The zero-order valence-electron chi connectivity index (χ0n) is 12.2. The fraction of sp³-hybridized carbons (Fsp3) is 0.0952. The van der Waals surface area contributed by atoms with E-state index in [1.54, 1.807) is 0 Å². The van der Waals surface area contributed by atoms with Crippen LogP contribution in [0.2, 0.25) is 0 Å². The van der Waals surface area contributed by atoms with Gasteiger partial charge in [-0.25, -0.2) is 0 Å². The minimum Gasteiger partial charge on any atom is -0.300 e. The van der Waals surface area contributed by atoms with Crippen LogP contribution >= 0.6 is 0 Å². The first-order valence-corrected chi connectivity index (χ1v) is 7.64. The third kappa shape index (κ3) is 2.15. The van der Waals surface area contributed by atoms with Crippen LogP contribution in [0.3, 0.4) is 0 Å². The van der Waals surface area contributed by atoms with Crippen molar-refractivity contribution in [3.63, 3.8) is 0 Å². The molecule has 0 aromatic heterocycles. The van der Waals surface area contributed by atoms with Crippen molar-refractivity contribution in [2.75, 3.05) is 0 Å². The second kappa shape index (κ2) is 5.27. The Kier molecular flexibility index (Phi) is 3.12. The molecule has 2 aromatic carbocycles. The summed E-state index contributed by atoms with van der Waals surface area (Å²) in [5.74, 6) is 0.840. The van der Waals surface area contributed by atoms with Gasteiger partial charge in [0.15, 0.2) is 0 Å². The predicted octanol–water partition coefficient (Wildman–Crippen LogP) is 4.96. The van der Waals surface area contributed by atoms with Gasteiger partial charge in [-0.05, 0) is 22.8 Å². The predicted molar refractivity (Wildman–Crippen MR) is 92.4 cm³/mol. The number of allylic oxidation sites excluding steroid dienone is 5. The number of nitrogens with one attached hydrogen (secondary N) is 1. The van der Waals surface area contributed by atoms with E-state index in [2.05, 4.69) is 54.7 Å². The largest absolute Gasteiger partial charge is 0.300 e. The Morgan fingerprint density at radius 2 is 1.64 bits per heavy atom. The van der Waals surface area contributed by atoms with Crippen LogP contribution in [0.5, 0.6) is 0 Å². The molecule has 1 N–H and O–H groups in total. The number of hydrogen-bond donors (Lipinski definition) is 1. The van der Waals surface area contributed by atoms with Gasteiger partial charge in [-0.1, -0.05) is 78.9 Å². The van der Waals surface area contributed by atoms with Gasteiger partial charge in [-0.15, -0.1) is 0 Å². The maximum atomic E-state index is 8.47. The molecule has 0 spiro atoms. The van der Waals surface area contributed by atoms with Gasteiger partial charge in [-0.2, -0.15) is 0 Å². The van der Waals surface area contributed by atoms with Crippen molar-refractivity contribution in [3.8, 4) is 0 Å². The molecule has 1 nitrogen and oxygen atoms in total. The molecule has 0 radical (unpaired) electrons. The summed E-state index contributed by atoms with van der Waals surface area (Å²) in [6.07, 6.45) is 13.2. The molecule has 22 heavy (non-hydrogen) atoms. The topological polar surface area (TPSA) is 23.9 Å². The zero-order chi connectivity index (χ0) is 14.9. The molecule has 2 atom stereocenters. The summed E-state index contributed by atoms with van der Waals surface area (Å²) in [5.41, 5.74) is 5.13. The van der Waals surface area contributed by atoms with Crippen LogP contribution in [0.25, 0.3) is 6.08 Å². The number of rotatable bonds is 2. The van der Waals surface area contributed by atoms with E-state index in [0.717, 1.165) is 11.1 Å². The van der Waals surface area contributed by atoms with Crippen LogP contribution in [0.1, 0.15) is 28.2 Å². The van der Waals surface area contributed by atoms with Crippen LogP contribution < -0.4 is 0 Å². The molecule has 0 aliphatic heterocycles. The molecule has 2 aliphatic rings. The zero-order valence-corrected chi connectivity index (χ0v) is 12.2. The fourth-order valence-electron chi connectivity index (χ4n) is 3.28. The molecule has 0 amide bonds. The molecule has 2 aromatic rings. The summed E-state index contributed by atoms with van der Waals surface area (Å²) in [4.78, 5) is 0. The lowest BCUT2D eigenvalue weighted by Crippen LogP contribution is -2.14. The summed E-state index contributed by atoms with van der Waals surface area (Å²) < 4.78 is 0. The maximum Gasteiger partial charge on any atom is 0.0684 e. The van der Waals surface area contributed by atoms with Gasteiger partial charge in [0.25, 0.3) is 0 Å². The summed E-state index contributed by atoms with van der Waals surface area (Å²) in [6.45, 7) is 0. The first-order chi connectivity index (χ1) is 10.8. The molecule has 0 heterocycles. The molecule has 1 heteroatoms. The van der Waals surface area contributed by atoms with Gasteiger partial charge in [0.1, 0.15) is 0 Å². The van der Waals surface area contributed by atoms with Crippen molar-refractivity contribution in [1.29, 1.82) is 5.41 Å². The molecule has 0 saturated carbocycles. The van der Waals surface area contributed by atoms with Gasteiger partial charge in [0.2, 0.25) is 0 Å². The quantitative estimate of drug-likeness (QED) is 0.754. The number of fused-ring (bicyclic) bond motifs is 3. The summed E-state index contributed by atoms with van der Waals surface area (Å²) in [6, 6.07) is 16.3. The van der Waals surface area contributed by atoms with Crippen molar-refractivity contribution in [2.45, 2.75) is 5.92 Å². The molecule has 106 valence electrons. The fourth-order valence-corrected chi connectivity index (χ4v) is 3.28. The Morgan fingerprint density at radius 1 is 0.818 bits per heavy atom. The smallest absolute Gasteiger partial charge is 0.0684 e. The first kappa shape index (κ1) is 13.0. The number of benzene rings is 2. The highest BCUT2D eigenvalue weighted by atomic mass is 14.4. The van der Waals surface area contributed by atoms with Crippen molar-refractivity contribution in [3.05, 3.63) is 101 Å². The standard InChI is InChI=1S/C21H17N/c22-21(17-7-2-1-3-8-17)18-13-12-16-11-10-15-6-4-5-9-19(15)20(16)14-18/h1-15,19,22H. The number of hydrogen-bond acceptors (Lipinski definition) is 1. The van der Waals surface area contributed by atoms with E-state index in [-0.39, 0.29) is 0 Å². The van der Waals surface area contributed by atoms with Crippen LogP contribution in [0, 0.1) is 11.3 Å². The maximum absolute atomic E-state index is 8.47. The molecule has 4 rings (SSSR count).